The van der Waals surface area contributed by atoms with Crippen LogP contribution in [-0.2, 0) is 16.6 Å². The smallest absolute Gasteiger partial charge is 0.339 e. The predicted molar refractivity (Wildman–Crippen MR) is 125 cm³/mol. The van der Waals surface area contributed by atoms with Crippen molar-refractivity contribution in [3.8, 4) is 0 Å². The van der Waals surface area contributed by atoms with Gasteiger partial charge in [0.1, 0.15) is 0 Å². The van der Waals surface area contributed by atoms with E-state index in [0.29, 0.717) is 22.2 Å². The van der Waals surface area contributed by atoms with Gasteiger partial charge in [-0.3, -0.25) is 9.59 Å². The Kier molecular flexibility index (Phi) is 7.83. The number of hydrogen-bond acceptors (Lipinski definition) is 7. The highest BCUT2D eigenvalue weighted by Gasteiger charge is 2.19. The number of methoxy groups -OCH3 is 1. The highest BCUT2D eigenvalue weighted by Crippen LogP contribution is 2.21. The van der Waals surface area contributed by atoms with E-state index in [2.05, 4.69) is 20.8 Å². The number of benzene rings is 2. The summed E-state index contributed by atoms with van der Waals surface area (Å²) in [5.74, 6) is -0.413. The third kappa shape index (κ3) is 5.98. The average Bonchev–Trinajstić information content (AvgIpc) is 3.18. The lowest BCUT2D eigenvalue weighted by molar-refractivity contribution is -0.113. The summed E-state index contributed by atoms with van der Waals surface area (Å²) in [4.78, 5) is 36.8. The lowest BCUT2D eigenvalue weighted by Gasteiger charge is -2.14. The first-order valence-electron chi connectivity index (χ1n) is 10.2. The number of amides is 2. The molecule has 0 radical (unpaired) electrons. The van der Waals surface area contributed by atoms with Gasteiger partial charge >= 0.3 is 5.97 Å². The maximum Gasteiger partial charge on any atom is 0.339 e. The summed E-state index contributed by atoms with van der Waals surface area (Å²) in [5.41, 5.74) is 2.29. The zero-order chi connectivity index (χ0) is 24.0. The highest BCUT2D eigenvalue weighted by atomic mass is 32.2. The fraction of sp³-hybridized carbons (Fsp3) is 0.261. The van der Waals surface area contributed by atoms with Crippen LogP contribution >= 0.6 is 11.8 Å². The van der Waals surface area contributed by atoms with Crippen molar-refractivity contribution in [2.45, 2.75) is 25.0 Å². The van der Waals surface area contributed by atoms with Gasteiger partial charge in [-0.25, -0.2) is 4.79 Å². The van der Waals surface area contributed by atoms with Gasteiger partial charge in [-0.15, -0.1) is 10.2 Å². The molecule has 1 heterocycles. The molecule has 2 aromatic carbocycles. The van der Waals surface area contributed by atoms with E-state index < -0.39 is 5.97 Å². The second-order valence-electron chi connectivity index (χ2n) is 7.33. The topological polar surface area (TPSA) is 115 Å². The molecule has 0 aliphatic heterocycles. The van der Waals surface area contributed by atoms with Gasteiger partial charge in [0.25, 0.3) is 5.91 Å². The third-order valence-corrected chi connectivity index (χ3v) is 5.88. The van der Waals surface area contributed by atoms with Gasteiger partial charge in [0.2, 0.25) is 5.91 Å². The van der Waals surface area contributed by atoms with Crippen molar-refractivity contribution >= 4 is 35.2 Å². The van der Waals surface area contributed by atoms with E-state index in [0.717, 1.165) is 5.56 Å². The number of anilines is 1. The maximum atomic E-state index is 12.5. The van der Waals surface area contributed by atoms with Crippen molar-refractivity contribution in [3.63, 3.8) is 0 Å². The molecule has 0 fully saturated rings. The number of carbonyl (C=O) groups is 3. The molecule has 1 aromatic heterocycles. The van der Waals surface area contributed by atoms with Crippen molar-refractivity contribution in [3.05, 3.63) is 71.0 Å². The SMILES string of the molecule is COC(=O)c1ccccc1NC(=O)CSc1nnc([C@H](C)NC(=O)c2ccc(C)cc2)n1C. The number of aryl methyl sites for hydroxylation is 1. The van der Waals surface area contributed by atoms with Gasteiger partial charge < -0.3 is 19.9 Å². The van der Waals surface area contributed by atoms with Crippen LogP contribution in [0.15, 0.2) is 53.7 Å². The number of rotatable bonds is 8. The van der Waals surface area contributed by atoms with E-state index in [9.17, 15) is 14.4 Å². The number of carbonyl (C=O) groups excluding carboxylic acids is 3. The van der Waals surface area contributed by atoms with Crippen molar-refractivity contribution in [2.24, 2.45) is 7.05 Å². The third-order valence-electron chi connectivity index (χ3n) is 4.86. The van der Waals surface area contributed by atoms with Gasteiger partial charge in [-0.1, -0.05) is 41.6 Å². The number of nitrogens with one attached hydrogen (secondary N) is 2. The molecule has 2 amide bonds. The molecule has 0 aliphatic carbocycles. The highest BCUT2D eigenvalue weighted by molar-refractivity contribution is 7.99. The molecule has 0 bridgehead atoms. The van der Waals surface area contributed by atoms with Crippen LogP contribution in [0.25, 0.3) is 0 Å². The zero-order valence-electron chi connectivity index (χ0n) is 18.8. The lowest BCUT2D eigenvalue weighted by Crippen LogP contribution is -2.28. The second kappa shape index (κ2) is 10.8. The number of thioether (sulfide) groups is 1. The molecule has 33 heavy (non-hydrogen) atoms. The van der Waals surface area contributed by atoms with E-state index in [1.54, 1.807) is 48.0 Å². The Balaban J connectivity index is 1.60. The molecule has 3 aromatic rings. The summed E-state index contributed by atoms with van der Waals surface area (Å²) in [7, 11) is 3.06. The first-order valence-corrected chi connectivity index (χ1v) is 11.2. The standard InChI is InChI=1S/C23H25N5O4S/c1-14-9-11-16(12-10-14)21(30)24-15(2)20-26-27-23(28(20)3)33-13-19(29)25-18-8-6-5-7-17(18)22(31)32-4/h5-12,15H,13H2,1-4H3,(H,24,30)(H,25,29)/t15-/m0/s1. The largest absolute Gasteiger partial charge is 0.465 e. The monoisotopic (exact) mass is 467 g/mol. The summed E-state index contributed by atoms with van der Waals surface area (Å²) in [6.45, 7) is 3.78. The van der Waals surface area contributed by atoms with Crippen LogP contribution in [0.4, 0.5) is 5.69 Å². The lowest BCUT2D eigenvalue weighted by atomic mass is 10.1. The summed E-state index contributed by atoms with van der Waals surface area (Å²) in [6, 6.07) is 13.5. The summed E-state index contributed by atoms with van der Waals surface area (Å²) >= 11 is 1.20. The number of para-hydroxylation sites is 1. The minimum absolute atomic E-state index is 0.0611. The predicted octanol–water partition coefficient (Wildman–Crippen LogP) is 3.13. The Morgan fingerprint density at radius 1 is 1.09 bits per heavy atom. The number of nitrogens with zero attached hydrogens (tertiary/aromatic N) is 3. The van der Waals surface area contributed by atoms with E-state index in [1.165, 1.54) is 18.9 Å². The van der Waals surface area contributed by atoms with Gasteiger partial charge in [-0.05, 0) is 38.1 Å². The molecule has 0 saturated carbocycles. The molecule has 3 rings (SSSR count). The van der Waals surface area contributed by atoms with E-state index in [1.807, 2.05) is 26.0 Å². The Labute approximate surface area is 195 Å². The minimum Gasteiger partial charge on any atom is -0.465 e. The van der Waals surface area contributed by atoms with Crippen LogP contribution in [0, 0.1) is 6.92 Å². The van der Waals surface area contributed by atoms with E-state index in [4.69, 9.17) is 4.74 Å². The molecule has 2 N–H and O–H groups in total. The van der Waals surface area contributed by atoms with Crippen LogP contribution in [-0.4, -0.2) is 45.4 Å². The summed E-state index contributed by atoms with van der Waals surface area (Å²) in [5, 5.41) is 14.5. The van der Waals surface area contributed by atoms with Gasteiger partial charge in [-0.2, -0.15) is 0 Å². The molecule has 172 valence electrons. The molecule has 0 spiro atoms. The van der Waals surface area contributed by atoms with Crippen molar-refractivity contribution < 1.29 is 19.1 Å². The number of ether oxygens (including phenoxy) is 1. The molecule has 0 unspecified atom stereocenters. The van der Waals surface area contributed by atoms with Crippen LogP contribution in [0.3, 0.4) is 0 Å². The van der Waals surface area contributed by atoms with Gasteiger partial charge in [0, 0.05) is 12.6 Å². The number of aromatic nitrogens is 3. The average molecular weight is 468 g/mol. The fourth-order valence-corrected chi connectivity index (χ4v) is 3.79. The van der Waals surface area contributed by atoms with Gasteiger partial charge in [0.15, 0.2) is 11.0 Å². The number of hydrogen-bond donors (Lipinski definition) is 2. The Hall–Kier alpha value is -3.66. The molecule has 9 nitrogen and oxygen atoms in total. The van der Waals surface area contributed by atoms with Crippen molar-refractivity contribution in [1.29, 1.82) is 0 Å². The van der Waals surface area contributed by atoms with Crippen LogP contribution in [0.5, 0.6) is 0 Å². The molecular weight excluding hydrogens is 442 g/mol. The zero-order valence-corrected chi connectivity index (χ0v) is 19.6. The summed E-state index contributed by atoms with van der Waals surface area (Å²) < 4.78 is 6.48. The Morgan fingerprint density at radius 2 is 1.79 bits per heavy atom. The molecule has 1 atom stereocenters. The second-order valence-corrected chi connectivity index (χ2v) is 8.28. The van der Waals surface area contributed by atoms with Crippen LogP contribution in [0.1, 0.15) is 45.1 Å². The molecule has 10 heteroatoms. The minimum atomic E-state index is -0.529. The molecule has 0 saturated heterocycles. The fourth-order valence-electron chi connectivity index (χ4n) is 3.07. The number of esters is 1. The quantitative estimate of drug-likeness (QED) is 0.386. The van der Waals surface area contributed by atoms with Crippen molar-refractivity contribution in [2.75, 3.05) is 18.2 Å². The first-order chi connectivity index (χ1) is 15.8. The summed E-state index contributed by atoms with van der Waals surface area (Å²) in [6.07, 6.45) is 0. The first kappa shape index (κ1) is 24.0. The Morgan fingerprint density at radius 3 is 2.48 bits per heavy atom. The molecule has 0 aliphatic rings. The van der Waals surface area contributed by atoms with Crippen LogP contribution in [0.2, 0.25) is 0 Å². The van der Waals surface area contributed by atoms with Gasteiger partial charge in [0.05, 0.1) is 30.2 Å². The van der Waals surface area contributed by atoms with E-state index >= 15 is 0 Å². The van der Waals surface area contributed by atoms with Crippen LogP contribution < -0.4 is 10.6 Å². The normalized spacial score (nSPS) is 11.5. The Bertz CT molecular complexity index is 1160. The maximum absolute atomic E-state index is 12.5. The molecular formula is C23H25N5O4S. The van der Waals surface area contributed by atoms with E-state index in [-0.39, 0.29) is 29.2 Å². The van der Waals surface area contributed by atoms with Crippen molar-refractivity contribution in [1.82, 2.24) is 20.1 Å².